The molecule has 0 radical (unpaired) electrons. The molecule has 54 valence electrons. The molecule has 0 bridgehead atoms. The highest BCUT2D eigenvalue weighted by molar-refractivity contribution is 8.76. The fourth-order valence-electron chi connectivity index (χ4n) is 0.515. The molecule has 1 atom stereocenters. The lowest BCUT2D eigenvalue weighted by Crippen LogP contribution is -1.93. The Hall–Kier alpha value is 0.370. The number of hydrogen-bond donors (Lipinski definition) is 0. The van der Waals surface area contributed by atoms with Crippen LogP contribution in [0, 0.1) is 0 Å². The van der Waals surface area contributed by atoms with Gasteiger partial charge in [-0.15, -0.1) is 0 Å². The van der Waals surface area contributed by atoms with Crippen molar-refractivity contribution >= 4 is 27.9 Å². The molecular formula is C6H12OS2. The van der Waals surface area contributed by atoms with Gasteiger partial charge in [-0.1, -0.05) is 28.5 Å². The molecule has 0 heterocycles. The molecule has 3 heteroatoms. The average molecular weight is 164 g/mol. The molecule has 0 saturated carbocycles. The number of carbonyl (C=O) groups is 1. The van der Waals surface area contributed by atoms with Crippen molar-refractivity contribution in [3.8, 4) is 0 Å². The summed E-state index contributed by atoms with van der Waals surface area (Å²) in [5.41, 5.74) is 0. The Labute approximate surface area is 64.4 Å². The third-order valence-corrected chi connectivity index (χ3v) is 3.27. The van der Waals surface area contributed by atoms with E-state index in [1.54, 1.807) is 10.8 Å². The molecule has 0 spiro atoms. The molecule has 9 heavy (non-hydrogen) atoms. The molecule has 0 rings (SSSR count). The minimum absolute atomic E-state index is 0.616. The Morgan fingerprint density at radius 1 is 1.67 bits per heavy atom. The molecule has 0 aliphatic rings. The van der Waals surface area contributed by atoms with Crippen molar-refractivity contribution < 1.29 is 4.79 Å². The van der Waals surface area contributed by atoms with Crippen LogP contribution in [0.3, 0.4) is 0 Å². The number of carbonyl (C=O) groups excluding carboxylic acids is 1. The van der Waals surface area contributed by atoms with Crippen LogP contribution in [-0.4, -0.2) is 17.8 Å². The molecule has 0 aromatic heterocycles. The molecule has 1 nitrogen and oxygen atoms in total. The summed E-state index contributed by atoms with van der Waals surface area (Å²) >= 11 is 0. The second kappa shape index (κ2) is 6.49. The summed E-state index contributed by atoms with van der Waals surface area (Å²) in [5.74, 6) is 0. The van der Waals surface area contributed by atoms with Crippen LogP contribution in [0.5, 0.6) is 0 Å². The van der Waals surface area contributed by atoms with Crippen molar-refractivity contribution in [2.75, 3.05) is 6.26 Å². The van der Waals surface area contributed by atoms with Gasteiger partial charge in [-0.2, -0.15) is 0 Å². The first-order valence-electron chi connectivity index (χ1n) is 2.94. The summed E-state index contributed by atoms with van der Waals surface area (Å²) in [6, 6.07) is 0. The first-order valence-corrected chi connectivity index (χ1v) is 5.56. The molecular weight excluding hydrogens is 152 g/mol. The highest BCUT2D eigenvalue weighted by Crippen LogP contribution is 2.25. The van der Waals surface area contributed by atoms with E-state index >= 15 is 0 Å². The largest absolute Gasteiger partial charge is 0.303 e. The van der Waals surface area contributed by atoms with E-state index in [-0.39, 0.29) is 0 Å². The zero-order chi connectivity index (χ0) is 7.11. The molecule has 0 saturated heterocycles. The molecule has 0 fully saturated rings. The van der Waals surface area contributed by atoms with Gasteiger partial charge in [-0.3, -0.25) is 0 Å². The minimum atomic E-state index is 0.616. The van der Waals surface area contributed by atoms with Crippen molar-refractivity contribution in [2.45, 2.75) is 25.0 Å². The van der Waals surface area contributed by atoms with Crippen LogP contribution in [0.2, 0.25) is 0 Å². The van der Waals surface area contributed by atoms with E-state index in [1.807, 2.05) is 10.8 Å². The lowest BCUT2D eigenvalue weighted by molar-refractivity contribution is -0.107. The standard InChI is InChI=1S/C6H12OS2/c1-6(9-8-2)4-3-5-7/h5-6H,3-4H2,1-2H3. The van der Waals surface area contributed by atoms with Crippen molar-refractivity contribution in [1.29, 1.82) is 0 Å². The predicted molar refractivity (Wildman–Crippen MR) is 45.9 cm³/mol. The highest BCUT2D eigenvalue weighted by Gasteiger charge is 1.98. The van der Waals surface area contributed by atoms with Crippen LogP contribution >= 0.6 is 21.6 Å². The molecule has 0 aliphatic carbocycles. The zero-order valence-electron chi connectivity index (χ0n) is 5.79. The van der Waals surface area contributed by atoms with Gasteiger partial charge < -0.3 is 4.79 Å². The van der Waals surface area contributed by atoms with Crippen LogP contribution in [0.4, 0.5) is 0 Å². The molecule has 1 unspecified atom stereocenters. The van der Waals surface area contributed by atoms with Crippen molar-refractivity contribution in [2.24, 2.45) is 0 Å². The van der Waals surface area contributed by atoms with Crippen LogP contribution in [0.25, 0.3) is 0 Å². The lowest BCUT2D eigenvalue weighted by atomic mass is 10.3. The summed E-state index contributed by atoms with van der Waals surface area (Å²) < 4.78 is 0. The van der Waals surface area contributed by atoms with Crippen molar-refractivity contribution in [1.82, 2.24) is 0 Å². The fraction of sp³-hybridized carbons (Fsp3) is 0.833. The van der Waals surface area contributed by atoms with Crippen LogP contribution in [-0.2, 0) is 4.79 Å². The second-order valence-electron chi connectivity index (χ2n) is 1.82. The predicted octanol–water partition coefficient (Wildman–Crippen LogP) is 2.37. The smallest absolute Gasteiger partial charge is 0.120 e. The van der Waals surface area contributed by atoms with Gasteiger partial charge in [0.1, 0.15) is 6.29 Å². The van der Waals surface area contributed by atoms with Gasteiger partial charge in [0.05, 0.1) is 0 Å². The van der Waals surface area contributed by atoms with Crippen LogP contribution in [0.15, 0.2) is 0 Å². The summed E-state index contributed by atoms with van der Waals surface area (Å²) in [7, 11) is 3.59. The summed E-state index contributed by atoms with van der Waals surface area (Å²) in [4.78, 5) is 9.90. The number of rotatable bonds is 5. The van der Waals surface area contributed by atoms with Gasteiger partial charge in [-0.05, 0) is 12.7 Å². The highest BCUT2D eigenvalue weighted by atomic mass is 33.1. The Morgan fingerprint density at radius 3 is 2.78 bits per heavy atom. The lowest BCUT2D eigenvalue weighted by Gasteiger charge is -2.04. The maximum absolute atomic E-state index is 9.90. The van der Waals surface area contributed by atoms with E-state index in [1.165, 1.54) is 0 Å². The van der Waals surface area contributed by atoms with E-state index in [0.717, 1.165) is 12.7 Å². The van der Waals surface area contributed by atoms with Crippen molar-refractivity contribution in [3.05, 3.63) is 0 Å². The monoisotopic (exact) mass is 164 g/mol. The second-order valence-corrected chi connectivity index (χ2v) is 4.73. The van der Waals surface area contributed by atoms with Gasteiger partial charge in [0.15, 0.2) is 0 Å². The van der Waals surface area contributed by atoms with E-state index < -0.39 is 0 Å². The number of hydrogen-bond acceptors (Lipinski definition) is 3. The van der Waals surface area contributed by atoms with Crippen molar-refractivity contribution in [3.63, 3.8) is 0 Å². The van der Waals surface area contributed by atoms with Gasteiger partial charge >= 0.3 is 0 Å². The van der Waals surface area contributed by atoms with Gasteiger partial charge in [0.2, 0.25) is 0 Å². The normalized spacial score (nSPS) is 13.1. The Balaban J connectivity index is 3.04. The third-order valence-electron chi connectivity index (χ3n) is 0.952. The zero-order valence-corrected chi connectivity index (χ0v) is 7.43. The van der Waals surface area contributed by atoms with E-state index in [2.05, 4.69) is 13.2 Å². The molecule has 0 aromatic carbocycles. The first-order chi connectivity index (χ1) is 4.31. The van der Waals surface area contributed by atoms with E-state index in [0.29, 0.717) is 11.7 Å². The first kappa shape index (κ1) is 9.37. The molecule has 0 N–H and O–H groups in total. The maximum Gasteiger partial charge on any atom is 0.120 e. The molecule has 0 aromatic rings. The van der Waals surface area contributed by atoms with Gasteiger partial charge in [0.25, 0.3) is 0 Å². The Kier molecular flexibility index (Phi) is 6.76. The molecule has 0 aliphatic heterocycles. The Bertz CT molecular complexity index is 75.5. The summed E-state index contributed by atoms with van der Waals surface area (Å²) in [6.07, 6.45) is 4.75. The van der Waals surface area contributed by atoms with Crippen LogP contribution in [0.1, 0.15) is 19.8 Å². The third kappa shape index (κ3) is 6.25. The average Bonchev–Trinajstić information content (AvgIpc) is 1.85. The van der Waals surface area contributed by atoms with E-state index in [4.69, 9.17) is 0 Å². The summed E-state index contributed by atoms with van der Waals surface area (Å²) in [5, 5.41) is 0.616. The Morgan fingerprint density at radius 2 is 2.33 bits per heavy atom. The van der Waals surface area contributed by atoms with E-state index in [9.17, 15) is 4.79 Å². The summed E-state index contributed by atoms with van der Waals surface area (Å²) in [6.45, 7) is 2.14. The SMILES string of the molecule is CSSC(C)CCC=O. The number of aldehydes is 1. The van der Waals surface area contributed by atoms with Gasteiger partial charge in [-0.25, -0.2) is 0 Å². The molecule has 0 amide bonds. The van der Waals surface area contributed by atoms with Gasteiger partial charge in [0, 0.05) is 11.7 Å². The minimum Gasteiger partial charge on any atom is -0.303 e. The van der Waals surface area contributed by atoms with Crippen LogP contribution < -0.4 is 0 Å². The maximum atomic E-state index is 9.90. The quantitative estimate of drug-likeness (QED) is 0.458. The fourth-order valence-corrected chi connectivity index (χ4v) is 2.35. The topological polar surface area (TPSA) is 17.1 Å².